The first-order valence-electron chi connectivity index (χ1n) is 6.42. The minimum atomic E-state index is 0.114. The molecule has 1 unspecified atom stereocenters. The lowest BCUT2D eigenvalue weighted by atomic mass is 10.0. The molecule has 6 nitrogen and oxygen atoms in total. The zero-order valence-corrected chi connectivity index (χ0v) is 11.2. The third-order valence-corrected chi connectivity index (χ3v) is 3.30. The maximum atomic E-state index is 5.79. The first kappa shape index (κ1) is 12.5. The number of methoxy groups -OCH3 is 1. The van der Waals surface area contributed by atoms with Crippen molar-refractivity contribution in [1.29, 1.82) is 0 Å². The molecule has 1 aromatic heterocycles. The second kappa shape index (κ2) is 5.24. The van der Waals surface area contributed by atoms with Crippen LogP contribution in [0.5, 0.6) is 11.5 Å². The molecule has 2 heterocycles. The summed E-state index contributed by atoms with van der Waals surface area (Å²) in [5.74, 6) is 2.29. The van der Waals surface area contributed by atoms with Crippen LogP contribution < -0.4 is 20.5 Å². The van der Waals surface area contributed by atoms with Gasteiger partial charge in [-0.3, -0.25) is 0 Å². The van der Waals surface area contributed by atoms with Crippen LogP contribution in [0.15, 0.2) is 30.6 Å². The number of nitrogens with zero attached hydrogens (tertiary/aromatic N) is 2. The molecular formula is C14H16N4O2. The molecule has 0 saturated carbocycles. The first-order chi connectivity index (χ1) is 9.79. The number of para-hydroxylation sites is 1. The van der Waals surface area contributed by atoms with Crippen LogP contribution in [-0.4, -0.2) is 23.7 Å². The lowest BCUT2D eigenvalue weighted by Gasteiger charge is -2.27. The summed E-state index contributed by atoms with van der Waals surface area (Å²) in [6, 6.07) is 8.08. The Labute approximate surface area is 116 Å². The maximum absolute atomic E-state index is 5.79. The maximum Gasteiger partial charge on any atom is 0.203 e. The second-order valence-corrected chi connectivity index (χ2v) is 4.51. The molecule has 1 aliphatic rings. The fourth-order valence-corrected chi connectivity index (χ4v) is 2.35. The highest BCUT2D eigenvalue weighted by Crippen LogP contribution is 2.36. The van der Waals surface area contributed by atoms with Gasteiger partial charge in [-0.25, -0.2) is 9.97 Å². The molecule has 1 atom stereocenters. The van der Waals surface area contributed by atoms with Crippen molar-refractivity contribution in [2.45, 2.75) is 12.5 Å². The summed E-state index contributed by atoms with van der Waals surface area (Å²) in [5.41, 5.74) is 6.90. The number of anilines is 2. The topological polar surface area (TPSA) is 82.3 Å². The summed E-state index contributed by atoms with van der Waals surface area (Å²) in [6.07, 6.45) is 2.27. The van der Waals surface area contributed by atoms with E-state index in [9.17, 15) is 0 Å². The van der Waals surface area contributed by atoms with Gasteiger partial charge in [-0.05, 0) is 6.07 Å². The average molecular weight is 272 g/mol. The summed E-state index contributed by atoms with van der Waals surface area (Å²) in [4.78, 5) is 8.13. The largest absolute Gasteiger partial charge is 0.493 e. The highest BCUT2D eigenvalue weighted by atomic mass is 16.5. The molecule has 3 rings (SSSR count). The normalized spacial score (nSPS) is 16.9. The molecule has 6 heteroatoms. The lowest BCUT2D eigenvalue weighted by Crippen LogP contribution is -2.21. The molecule has 20 heavy (non-hydrogen) atoms. The highest BCUT2D eigenvalue weighted by molar-refractivity contribution is 5.62. The second-order valence-electron chi connectivity index (χ2n) is 4.51. The number of nitrogens with two attached hydrogens (primary N) is 1. The Kier molecular flexibility index (Phi) is 3.28. The number of hydrogen-bond donors (Lipinski definition) is 2. The van der Waals surface area contributed by atoms with Crippen LogP contribution in [-0.2, 0) is 0 Å². The van der Waals surface area contributed by atoms with Crippen LogP contribution in [0, 0.1) is 0 Å². The molecule has 1 aromatic carbocycles. The standard InChI is InChI=1S/C14H16N4O2/c1-19-12-13(15)16-8-17-14(12)18-10-6-7-20-11-5-3-2-4-9(10)11/h2-5,8,10H,6-7H2,1H3,(H3,15,16,17,18). The Bertz CT molecular complexity index is 618. The van der Waals surface area contributed by atoms with E-state index in [4.69, 9.17) is 15.2 Å². The molecule has 3 N–H and O–H groups in total. The predicted octanol–water partition coefficient (Wildman–Crippen LogP) is 2.00. The number of aromatic nitrogens is 2. The van der Waals surface area contributed by atoms with E-state index in [1.807, 2.05) is 24.3 Å². The van der Waals surface area contributed by atoms with Crippen LogP contribution >= 0.6 is 0 Å². The van der Waals surface area contributed by atoms with Gasteiger partial charge < -0.3 is 20.5 Å². The number of benzene rings is 1. The molecule has 104 valence electrons. The molecule has 1 aliphatic heterocycles. The molecule has 0 fully saturated rings. The molecular weight excluding hydrogens is 256 g/mol. The van der Waals surface area contributed by atoms with Crippen molar-refractivity contribution in [3.63, 3.8) is 0 Å². The first-order valence-corrected chi connectivity index (χ1v) is 6.42. The van der Waals surface area contributed by atoms with E-state index in [-0.39, 0.29) is 6.04 Å². The molecule has 0 amide bonds. The van der Waals surface area contributed by atoms with E-state index in [0.29, 0.717) is 24.0 Å². The van der Waals surface area contributed by atoms with E-state index in [1.54, 1.807) is 7.11 Å². The summed E-state index contributed by atoms with van der Waals surface area (Å²) in [7, 11) is 1.55. The van der Waals surface area contributed by atoms with Gasteiger partial charge in [-0.15, -0.1) is 0 Å². The van der Waals surface area contributed by atoms with Crippen LogP contribution in [0.25, 0.3) is 0 Å². The van der Waals surface area contributed by atoms with Crippen molar-refractivity contribution >= 4 is 11.6 Å². The summed E-state index contributed by atoms with van der Waals surface area (Å²) in [5, 5.41) is 3.36. The molecule has 2 aromatic rings. The average Bonchev–Trinajstić information content (AvgIpc) is 2.48. The van der Waals surface area contributed by atoms with Gasteiger partial charge in [-0.2, -0.15) is 0 Å². The van der Waals surface area contributed by atoms with Crippen LogP contribution in [0.2, 0.25) is 0 Å². The van der Waals surface area contributed by atoms with E-state index >= 15 is 0 Å². The zero-order chi connectivity index (χ0) is 13.9. The molecule has 0 spiro atoms. The summed E-state index contributed by atoms with van der Waals surface area (Å²) >= 11 is 0. The van der Waals surface area contributed by atoms with Gasteiger partial charge in [0.1, 0.15) is 12.1 Å². The van der Waals surface area contributed by atoms with Crippen molar-refractivity contribution in [2.75, 3.05) is 24.8 Å². The van der Waals surface area contributed by atoms with Crippen molar-refractivity contribution < 1.29 is 9.47 Å². The van der Waals surface area contributed by atoms with Crippen molar-refractivity contribution in [3.05, 3.63) is 36.2 Å². The van der Waals surface area contributed by atoms with E-state index in [0.717, 1.165) is 17.7 Å². The number of nitrogens with one attached hydrogen (secondary N) is 1. The summed E-state index contributed by atoms with van der Waals surface area (Å²) < 4.78 is 10.9. The van der Waals surface area contributed by atoms with Gasteiger partial charge in [0, 0.05) is 12.0 Å². The van der Waals surface area contributed by atoms with Gasteiger partial charge in [0.15, 0.2) is 11.6 Å². The molecule has 0 saturated heterocycles. The van der Waals surface area contributed by atoms with Crippen LogP contribution in [0.4, 0.5) is 11.6 Å². The Morgan fingerprint density at radius 1 is 1.35 bits per heavy atom. The molecule has 0 radical (unpaired) electrons. The van der Waals surface area contributed by atoms with E-state index in [1.165, 1.54) is 6.33 Å². The number of ether oxygens (including phenoxy) is 2. The van der Waals surface area contributed by atoms with E-state index in [2.05, 4.69) is 15.3 Å². The smallest absolute Gasteiger partial charge is 0.203 e. The molecule has 0 bridgehead atoms. The minimum absolute atomic E-state index is 0.114. The SMILES string of the molecule is COc1c(N)ncnc1NC1CCOc2ccccc21. The van der Waals surface area contributed by atoms with Crippen molar-refractivity contribution in [3.8, 4) is 11.5 Å². The summed E-state index contributed by atoms with van der Waals surface area (Å²) in [6.45, 7) is 0.664. The van der Waals surface area contributed by atoms with Gasteiger partial charge in [-0.1, -0.05) is 18.2 Å². The highest BCUT2D eigenvalue weighted by Gasteiger charge is 2.23. The Morgan fingerprint density at radius 3 is 3.05 bits per heavy atom. The zero-order valence-electron chi connectivity index (χ0n) is 11.2. The van der Waals surface area contributed by atoms with Gasteiger partial charge in [0.2, 0.25) is 5.75 Å². The predicted molar refractivity (Wildman–Crippen MR) is 75.9 cm³/mol. The third kappa shape index (κ3) is 2.20. The van der Waals surface area contributed by atoms with Gasteiger partial charge in [0.05, 0.1) is 19.8 Å². The van der Waals surface area contributed by atoms with E-state index < -0.39 is 0 Å². The van der Waals surface area contributed by atoms with Gasteiger partial charge in [0.25, 0.3) is 0 Å². The third-order valence-electron chi connectivity index (χ3n) is 3.30. The number of fused-ring (bicyclic) bond motifs is 1. The molecule has 0 aliphatic carbocycles. The number of nitrogen functional groups attached to an aromatic ring is 1. The monoisotopic (exact) mass is 272 g/mol. The minimum Gasteiger partial charge on any atom is -0.493 e. The quantitative estimate of drug-likeness (QED) is 0.889. The van der Waals surface area contributed by atoms with Crippen molar-refractivity contribution in [2.24, 2.45) is 0 Å². The lowest BCUT2D eigenvalue weighted by molar-refractivity contribution is 0.274. The Balaban J connectivity index is 1.91. The van der Waals surface area contributed by atoms with Gasteiger partial charge >= 0.3 is 0 Å². The fraction of sp³-hybridized carbons (Fsp3) is 0.286. The number of hydrogen-bond acceptors (Lipinski definition) is 6. The Hall–Kier alpha value is -2.50. The Morgan fingerprint density at radius 2 is 2.20 bits per heavy atom. The van der Waals surface area contributed by atoms with Crippen LogP contribution in [0.1, 0.15) is 18.0 Å². The van der Waals surface area contributed by atoms with Crippen molar-refractivity contribution in [1.82, 2.24) is 9.97 Å². The van der Waals surface area contributed by atoms with Crippen LogP contribution in [0.3, 0.4) is 0 Å². The fourth-order valence-electron chi connectivity index (χ4n) is 2.35. The number of rotatable bonds is 3.